The first-order valence-corrected chi connectivity index (χ1v) is 30.1. The molecule has 78 heavy (non-hydrogen) atoms. The monoisotopic (exact) mass is 1050 g/mol. The summed E-state index contributed by atoms with van der Waals surface area (Å²) < 4.78 is 26.9. The van der Waals surface area contributed by atoms with Crippen molar-refractivity contribution in [1.82, 2.24) is 0 Å². The average molecular weight is 1050 g/mol. The van der Waals surface area contributed by atoms with Crippen molar-refractivity contribution in [3.63, 3.8) is 0 Å². The summed E-state index contributed by atoms with van der Waals surface area (Å²) in [5, 5.41) is 0. The van der Waals surface area contributed by atoms with Gasteiger partial charge in [-0.05, 0) is 178 Å². The zero-order valence-corrected chi connectivity index (χ0v) is 50.7. The van der Waals surface area contributed by atoms with Gasteiger partial charge in [-0.2, -0.15) is 0 Å². The second-order valence-corrected chi connectivity index (χ2v) is 29.7. The Bertz CT molecular complexity index is 3070. The Labute approximate surface area is 467 Å². The van der Waals surface area contributed by atoms with E-state index in [9.17, 15) is 0 Å². The minimum absolute atomic E-state index is 0.0780. The van der Waals surface area contributed by atoms with Crippen LogP contribution in [0.5, 0.6) is 0 Å². The first-order chi connectivity index (χ1) is 36.6. The van der Waals surface area contributed by atoms with E-state index in [0.717, 1.165) is 62.1 Å². The molecule has 0 amide bonds. The Hall–Kier alpha value is -5.24. The van der Waals surface area contributed by atoms with Gasteiger partial charge in [0.15, 0.2) is 0 Å². The molecule has 0 aromatic heterocycles. The number of ether oxygens (including phenoxy) is 4. The van der Waals surface area contributed by atoms with E-state index in [1.165, 1.54) is 89.0 Å². The maximum Gasteiger partial charge on any atom is 0.216 e. The molecule has 0 fully saturated rings. The standard InChI is InChI=1S/C70H90N4O4/c1-37(2)53-29-75-61(71-53)45-21-41(9)23-49-57(45)69(33-65(49,11)12)35-67(15,16)51-27-43(25-47(59(51)69)63-73-55(31-77-63)39(5)6)19-20-44-26-48(64-74-56(32-78-64)40(7)8)60-52(28-44)68(17,18)36-70(60)34-66(13,14)50-24-42(10)22-46(58(50)70)62-72-54(30-76-62)38(3)4/h21-28,37-40,53-56H,19-20,29-36H2,1-18H3/t53-,54-,55-,56-,69-,70+/m1/s1. The van der Waals surface area contributed by atoms with Crippen LogP contribution in [0.4, 0.5) is 0 Å². The van der Waals surface area contributed by atoms with Crippen molar-refractivity contribution in [3.8, 4) is 0 Å². The Morgan fingerprint density at radius 2 is 0.615 bits per heavy atom. The van der Waals surface area contributed by atoms with Crippen LogP contribution < -0.4 is 0 Å². The molecule has 6 atom stereocenters. The molecule has 0 saturated heterocycles. The molecule has 4 heterocycles. The molecular weight excluding hydrogens is 961 g/mol. The van der Waals surface area contributed by atoms with Gasteiger partial charge in [0.1, 0.15) is 26.4 Å². The number of benzene rings is 4. The van der Waals surface area contributed by atoms with Crippen molar-refractivity contribution in [1.29, 1.82) is 0 Å². The van der Waals surface area contributed by atoms with Crippen LogP contribution in [0, 0.1) is 37.5 Å². The maximum absolute atomic E-state index is 6.84. The first kappa shape index (κ1) is 53.4. The molecule has 4 aromatic rings. The van der Waals surface area contributed by atoms with Crippen molar-refractivity contribution in [2.75, 3.05) is 26.4 Å². The van der Waals surface area contributed by atoms with Crippen LogP contribution >= 0.6 is 0 Å². The fourth-order valence-corrected chi connectivity index (χ4v) is 16.4. The molecule has 0 radical (unpaired) electrons. The van der Waals surface area contributed by atoms with E-state index in [0.29, 0.717) is 50.1 Å². The van der Waals surface area contributed by atoms with E-state index in [1.807, 2.05) is 0 Å². The van der Waals surface area contributed by atoms with Gasteiger partial charge in [0.25, 0.3) is 0 Å². The third-order valence-electron chi connectivity index (χ3n) is 20.2. The number of nitrogens with zero attached hydrogens (tertiary/aromatic N) is 4. The molecule has 8 nitrogen and oxygen atoms in total. The highest BCUT2D eigenvalue weighted by atomic mass is 16.5. The lowest BCUT2D eigenvalue weighted by atomic mass is 9.70. The first-order valence-electron chi connectivity index (χ1n) is 30.1. The highest BCUT2D eigenvalue weighted by Gasteiger charge is 2.61. The van der Waals surface area contributed by atoms with Crippen LogP contribution in [0.3, 0.4) is 0 Å². The van der Waals surface area contributed by atoms with Gasteiger partial charge in [-0.15, -0.1) is 0 Å². The topological polar surface area (TPSA) is 86.4 Å². The normalized spacial score (nSPS) is 28.2. The van der Waals surface area contributed by atoms with Crippen molar-refractivity contribution < 1.29 is 18.9 Å². The SMILES string of the molecule is Cc1cc(C2=N[C@@H](C(C)C)CO2)c2c(c1)C(C)(C)C[C@]21CC(C)(C)c2cc(CCc3cc(C4=N[C@@H](C(C)C)CO4)c4c(c3)C(C)(C)C[C@@]43CC(C)(C)c4cc(C)cc(C5=N[C@@H](C(C)C)CO5)c43)cc(C3=N[C@@H](C(C)C)CO3)c21. The zero-order chi connectivity index (χ0) is 55.6. The molecule has 0 N–H and O–H groups in total. The summed E-state index contributed by atoms with van der Waals surface area (Å²) in [6, 6.07) is 20.4. The third-order valence-corrected chi connectivity index (χ3v) is 20.2. The molecule has 4 aliphatic heterocycles. The lowest BCUT2D eigenvalue weighted by molar-refractivity contribution is 0.290. The summed E-state index contributed by atoms with van der Waals surface area (Å²) in [6.07, 6.45) is 5.72. The molecule has 0 unspecified atom stereocenters. The zero-order valence-electron chi connectivity index (χ0n) is 50.7. The van der Waals surface area contributed by atoms with Crippen LogP contribution in [0.25, 0.3) is 0 Å². The van der Waals surface area contributed by atoms with Crippen LogP contribution in [0.2, 0.25) is 0 Å². The fourth-order valence-electron chi connectivity index (χ4n) is 16.4. The van der Waals surface area contributed by atoms with Crippen molar-refractivity contribution in [2.45, 2.75) is 220 Å². The molecule has 8 aliphatic rings. The van der Waals surface area contributed by atoms with E-state index in [4.69, 9.17) is 38.9 Å². The number of hydrogen-bond acceptors (Lipinski definition) is 8. The molecule has 4 aromatic carbocycles. The molecule has 4 aliphatic carbocycles. The number of hydrogen-bond donors (Lipinski definition) is 0. The summed E-state index contributed by atoms with van der Waals surface area (Å²) in [4.78, 5) is 21.6. The van der Waals surface area contributed by atoms with Gasteiger partial charge in [0, 0.05) is 33.1 Å². The van der Waals surface area contributed by atoms with Crippen LogP contribution in [0.15, 0.2) is 68.5 Å². The summed E-state index contributed by atoms with van der Waals surface area (Å²) in [7, 11) is 0. The number of aryl methyl sites for hydroxylation is 4. The molecule has 0 saturated carbocycles. The summed E-state index contributed by atoms with van der Waals surface area (Å²) in [6.45, 7) is 44.9. The Morgan fingerprint density at radius 1 is 0.372 bits per heavy atom. The molecule has 12 rings (SSSR count). The van der Waals surface area contributed by atoms with Gasteiger partial charge in [0.05, 0.1) is 24.2 Å². The summed E-state index contributed by atoms with van der Waals surface area (Å²) in [5.74, 6) is 4.81. The van der Waals surface area contributed by atoms with Crippen molar-refractivity contribution in [3.05, 3.63) is 138 Å². The Balaban J connectivity index is 1.01. The minimum Gasteiger partial charge on any atom is -0.475 e. The predicted molar refractivity (Wildman–Crippen MR) is 319 cm³/mol. The molecule has 8 heteroatoms. The lowest BCUT2D eigenvalue weighted by Crippen LogP contribution is -2.30. The summed E-state index contributed by atoms with van der Waals surface area (Å²) in [5.41, 5.74) is 20.2. The van der Waals surface area contributed by atoms with Gasteiger partial charge in [-0.25, -0.2) is 20.0 Å². The van der Waals surface area contributed by atoms with Crippen molar-refractivity contribution in [2.24, 2.45) is 43.6 Å². The maximum atomic E-state index is 6.84. The van der Waals surface area contributed by atoms with E-state index >= 15 is 0 Å². The molecule has 0 bridgehead atoms. The van der Waals surface area contributed by atoms with Gasteiger partial charge in [-0.1, -0.05) is 146 Å². The third kappa shape index (κ3) is 8.29. The quantitative estimate of drug-likeness (QED) is 0.150. The fraction of sp³-hybridized carbons (Fsp3) is 0.600. The highest BCUT2D eigenvalue weighted by molar-refractivity contribution is 6.03. The van der Waals surface area contributed by atoms with Gasteiger partial charge < -0.3 is 18.9 Å². The molecular formula is C70H90N4O4. The van der Waals surface area contributed by atoms with E-state index in [-0.39, 0.29) is 56.7 Å². The largest absolute Gasteiger partial charge is 0.475 e. The smallest absolute Gasteiger partial charge is 0.216 e. The molecule has 2 spiro atoms. The van der Waals surface area contributed by atoms with Crippen LogP contribution in [-0.4, -0.2) is 74.2 Å². The minimum atomic E-state index is -0.289. The van der Waals surface area contributed by atoms with E-state index in [1.54, 1.807) is 0 Å². The number of aliphatic imine (C=N–C) groups is 4. The number of rotatable bonds is 11. The summed E-state index contributed by atoms with van der Waals surface area (Å²) >= 11 is 0. The Kier molecular flexibility index (Phi) is 12.4. The Morgan fingerprint density at radius 3 is 0.859 bits per heavy atom. The second-order valence-electron chi connectivity index (χ2n) is 29.7. The predicted octanol–water partition coefficient (Wildman–Crippen LogP) is 14.6. The van der Waals surface area contributed by atoms with Gasteiger partial charge in [-0.3, -0.25) is 0 Å². The van der Waals surface area contributed by atoms with Gasteiger partial charge in [0.2, 0.25) is 23.6 Å². The van der Waals surface area contributed by atoms with E-state index in [2.05, 4.69) is 173 Å². The highest BCUT2D eigenvalue weighted by Crippen LogP contribution is 2.67. The second kappa shape index (κ2) is 18.1. The van der Waals surface area contributed by atoms with Crippen LogP contribution in [-0.2, 0) is 64.3 Å². The van der Waals surface area contributed by atoms with Crippen LogP contribution in [0.1, 0.15) is 225 Å². The average Bonchev–Trinajstić information content (AvgIpc) is 3.79. The van der Waals surface area contributed by atoms with Crippen molar-refractivity contribution >= 4 is 23.6 Å². The lowest BCUT2D eigenvalue weighted by Gasteiger charge is -2.33. The van der Waals surface area contributed by atoms with E-state index < -0.39 is 0 Å². The molecule has 414 valence electrons. The number of fused-ring (bicyclic) bond motifs is 8. The van der Waals surface area contributed by atoms with Gasteiger partial charge >= 0.3 is 0 Å².